The molecule has 1 saturated heterocycles. The normalized spacial score (nSPS) is 16.8. The summed E-state index contributed by atoms with van der Waals surface area (Å²) in [5.74, 6) is -0.296. The Bertz CT molecular complexity index is 1330. The van der Waals surface area contributed by atoms with E-state index in [0.717, 1.165) is 35.3 Å². The van der Waals surface area contributed by atoms with E-state index in [1.807, 2.05) is 22.8 Å². The molecule has 0 radical (unpaired) electrons. The van der Waals surface area contributed by atoms with Crippen molar-refractivity contribution < 1.29 is 18.4 Å². The third kappa shape index (κ3) is 6.13. The molecule has 0 aliphatic carbocycles. The van der Waals surface area contributed by atoms with Crippen molar-refractivity contribution in [2.24, 2.45) is 5.41 Å². The smallest absolute Gasteiger partial charge is 0.272 e. The summed E-state index contributed by atoms with van der Waals surface area (Å²) >= 11 is 0.764. The lowest BCUT2D eigenvalue weighted by molar-refractivity contribution is -0.126. The summed E-state index contributed by atoms with van der Waals surface area (Å²) in [5, 5.41) is 6.39. The first kappa shape index (κ1) is 27.9. The first-order chi connectivity index (χ1) is 18.0. The number of carbonyl (C=O) groups is 2. The molecular weight excluding hydrogens is 508 g/mol. The van der Waals surface area contributed by atoms with E-state index in [1.165, 1.54) is 18.2 Å². The molecule has 0 spiro atoms. The number of halogens is 2. The summed E-state index contributed by atoms with van der Waals surface area (Å²) in [4.78, 5) is 31.9. The van der Waals surface area contributed by atoms with E-state index < -0.39 is 12.3 Å². The molecule has 3 aromatic rings. The number of thiophene rings is 1. The fraction of sp³-hybridized carbons (Fsp3) is 0.464. The topological polar surface area (TPSA) is 79.3 Å². The summed E-state index contributed by atoms with van der Waals surface area (Å²) < 4.78 is 28.0. The van der Waals surface area contributed by atoms with Crippen LogP contribution in [0, 0.1) is 5.41 Å². The monoisotopic (exact) mass is 543 g/mol. The average Bonchev–Trinajstić information content (AvgIpc) is 3.61. The van der Waals surface area contributed by atoms with Crippen molar-refractivity contribution in [3.63, 3.8) is 0 Å². The number of amides is 2. The van der Waals surface area contributed by atoms with Crippen LogP contribution < -0.4 is 10.6 Å². The van der Waals surface area contributed by atoms with Gasteiger partial charge in [-0.1, -0.05) is 33.4 Å². The maximum atomic E-state index is 13.1. The quantitative estimate of drug-likeness (QED) is 0.325. The molecule has 2 atom stereocenters. The molecule has 2 aromatic heterocycles. The van der Waals surface area contributed by atoms with Crippen LogP contribution in [0.3, 0.4) is 0 Å². The number of hydrogen-bond donors (Lipinski definition) is 2. The third-order valence-electron chi connectivity index (χ3n) is 7.24. The van der Waals surface area contributed by atoms with Crippen LogP contribution in [0.25, 0.3) is 11.0 Å². The third-order valence-corrected chi connectivity index (χ3v) is 8.33. The summed E-state index contributed by atoms with van der Waals surface area (Å²) in [6.45, 7) is 14.1. The van der Waals surface area contributed by atoms with E-state index in [-0.39, 0.29) is 27.1 Å². The van der Waals surface area contributed by atoms with Crippen molar-refractivity contribution >= 4 is 40.1 Å². The Morgan fingerprint density at radius 3 is 2.68 bits per heavy atom. The van der Waals surface area contributed by atoms with Crippen LogP contribution in [0.5, 0.6) is 0 Å². The molecule has 7 nitrogen and oxygen atoms in total. The highest BCUT2D eigenvalue weighted by atomic mass is 32.1. The highest BCUT2D eigenvalue weighted by molar-refractivity contribution is 7.14. The largest absolute Gasteiger partial charge is 0.334 e. The van der Waals surface area contributed by atoms with Crippen molar-refractivity contribution in [2.75, 3.05) is 11.9 Å². The predicted octanol–water partition coefficient (Wildman–Crippen LogP) is 5.99. The summed E-state index contributed by atoms with van der Waals surface area (Å²) in [5.41, 5.74) is 2.71. The van der Waals surface area contributed by atoms with Crippen molar-refractivity contribution in [1.29, 1.82) is 0 Å². The summed E-state index contributed by atoms with van der Waals surface area (Å²) in [6, 6.07) is 8.89. The van der Waals surface area contributed by atoms with Crippen molar-refractivity contribution in [3.8, 4) is 0 Å². The number of likely N-dealkylation sites (tertiary alicyclic amines) is 1. The number of nitrogens with one attached hydrogen (secondary N) is 2. The maximum Gasteiger partial charge on any atom is 0.272 e. The van der Waals surface area contributed by atoms with E-state index in [2.05, 4.69) is 44.9 Å². The van der Waals surface area contributed by atoms with Gasteiger partial charge in [0.1, 0.15) is 0 Å². The molecule has 4 rings (SSSR count). The van der Waals surface area contributed by atoms with Gasteiger partial charge >= 0.3 is 0 Å². The van der Waals surface area contributed by atoms with E-state index >= 15 is 0 Å². The van der Waals surface area contributed by atoms with Gasteiger partial charge in [0.15, 0.2) is 0 Å². The summed E-state index contributed by atoms with van der Waals surface area (Å²) in [6.07, 6.45) is 0.394. The van der Waals surface area contributed by atoms with Gasteiger partial charge in [-0.2, -0.15) is 0 Å². The van der Waals surface area contributed by atoms with Gasteiger partial charge in [0.2, 0.25) is 11.9 Å². The minimum absolute atomic E-state index is 0.0743. The van der Waals surface area contributed by atoms with Crippen LogP contribution in [0.2, 0.25) is 0 Å². The fourth-order valence-corrected chi connectivity index (χ4v) is 5.30. The highest BCUT2D eigenvalue weighted by Gasteiger charge is 2.29. The Morgan fingerprint density at radius 2 is 2.03 bits per heavy atom. The second-order valence-electron chi connectivity index (χ2n) is 10.8. The molecule has 2 N–H and O–H groups in total. The number of hydrogen-bond acceptors (Lipinski definition) is 5. The molecular formula is C28H35F2N5O2S. The first-order valence-corrected chi connectivity index (χ1v) is 13.6. The number of carbonyl (C=O) groups excluding carboxylic acids is 2. The number of imidazole rings is 1. The van der Waals surface area contributed by atoms with Crippen LogP contribution in [0.4, 0.5) is 14.7 Å². The molecule has 0 unspecified atom stereocenters. The van der Waals surface area contributed by atoms with Crippen LogP contribution in [0.15, 0.2) is 43.0 Å². The van der Waals surface area contributed by atoms with Gasteiger partial charge in [-0.15, -0.1) is 11.3 Å². The standard InChI is InChI=1S/C28H35F2N5O2S/c1-6-24(36)34-13-7-8-19(34)16-35-21-10-9-18(15-31-17(2)28(3,4)5)14-20(21)32-27(35)33-26(37)23-12-11-22(38-23)25(29)30/h6,9-12,14,17,19,25,31H,1,7-8,13,15-16H2,2-5H3,(H,32,33,37)/t17-,19-/m0/s1. The Hall–Kier alpha value is -3.11. The van der Waals surface area contributed by atoms with Crippen LogP contribution in [-0.2, 0) is 17.9 Å². The predicted molar refractivity (Wildman–Crippen MR) is 148 cm³/mol. The molecule has 2 amide bonds. The lowest BCUT2D eigenvalue weighted by atomic mass is 9.88. The Morgan fingerprint density at radius 1 is 1.26 bits per heavy atom. The SMILES string of the molecule is C=CC(=O)N1CCC[C@H]1Cn1c(NC(=O)c2ccc(C(F)F)s2)nc2cc(CN[C@@H](C)C(C)(C)C)ccc21. The van der Waals surface area contributed by atoms with Crippen molar-refractivity contribution in [2.45, 2.75) is 72.1 Å². The fourth-order valence-electron chi connectivity index (χ4n) is 4.54. The lowest BCUT2D eigenvalue weighted by Crippen LogP contribution is -2.37. The van der Waals surface area contributed by atoms with Crippen molar-refractivity contribution in [1.82, 2.24) is 19.8 Å². The molecule has 1 aliphatic rings. The molecule has 0 saturated carbocycles. The van der Waals surface area contributed by atoms with Gasteiger partial charge < -0.3 is 14.8 Å². The number of alkyl halides is 2. The molecule has 10 heteroatoms. The van der Waals surface area contributed by atoms with Gasteiger partial charge in [0.25, 0.3) is 12.3 Å². The minimum atomic E-state index is -2.63. The van der Waals surface area contributed by atoms with Crippen LogP contribution in [-0.4, -0.2) is 44.9 Å². The number of fused-ring (bicyclic) bond motifs is 1. The van der Waals surface area contributed by atoms with Gasteiger partial charge in [-0.3, -0.25) is 14.9 Å². The minimum Gasteiger partial charge on any atom is -0.334 e. The highest BCUT2D eigenvalue weighted by Crippen LogP contribution is 2.29. The van der Waals surface area contributed by atoms with E-state index in [4.69, 9.17) is 4.98 Å². The maximum absolute atomic E-state index is 13.1. The van der Waals surface area contributed by atoms with Crippen molar-refractivity contribution in [3.05, 3.63) is 58.3 Å². The average molecular weight is 544 g/mol. The summed E-state index contributed by atoms with van der Waals surface area (Å²) in [7, 11) is 0. The Kier molecular flexibility index (Phi) is 8.32. The zero-order valence-corrected chi connectivity index (χ0v) is 23.1. The number of benzene rings is 1. The molecule has 0 bridgehead atoms. The molecule has 204 valence electrons. The lowest BCUT2D eigenvalue weighted by Gasteiger charge is -2.28. The van der Waals surface area contributed by atoms with Crippen LogP contribution >= 0.6 is 11.3 Å². The first-order valence-electron chi connectivity index (χ1n) is 12.8. The molecule has 1 fully saturated rings. The Labute approximate surface area is 225 Å². The molecule has 1 aliphatic heterocycles. The molecule has 38 heavy (non-hydrogen) atoms. The number of nitrogens with zero attached hydrogens (tertiary/aromatic N) is 3. The Balaban J connectivity index is 1.65. The number of anilines is 1. The van der Waals surface area contributed by atoms with E-state index in [9.17, 15) is 18.4 Å². The second kappa shape index (κ2) is 11.3. The van der Waals surface area contributed by atoms with E-state index in [1.54, 1.807) is 4.90 Å². The molecule has 1 aromatic carbocycles. The zero-order chi connectivity index (χ0) is 27.6. The van der Waals surface area contributed by atoms with E-state index in [0.29, 0.717) is 37.1 Å². The van der Waals surface area contributed by atoms with Gasteiger partial charge in [-0.25, -0.2) is 13.8 Å². The number of rotatable bonds is 9. The second-order valence-corrected chi connectivity index (χ2v) is 11.9. The zero-order valence-electron chi connectivity index (χ0n) is 22.3. The van der Waals surface area contributed by atoms with Gasteiger partial charge in [-0.05, 0) is 61.1 Å². The van der Waals surface area contributed by atoms with Gasteiger partial charge in [0.05, 0.1) is 26.8 Å². The number of aromatic nitrogens is 2. The van der Waals surface area contributed by atoms with Gasteiger partial charge in [0, 0.05) is 25.7 Å². The molecule has 3 heterocycles. The van der Waals surface area contributed by atoms with Crippen LogP contribution in [0.1, 0.15) is 67.1 Å².